The second-order valence-corrected chi connectivity index (χ2v) is 3.43. The molecule has 70 valence electrons. The summed E-state index contributed by atoms with van der Waals surface area (Å²) in [7, 11) is 0. The summed E-state index contributed by atoms with van der Waals surface area (Å²) in [5.41, 5.74) is 1.20. The number of hydrogen-bond donors (Lipinski definition) is 1. The Morgan fingerprint density at radius 3 is 2.77 bits per heavy atom. The van der Waals surface area contributed by atoms with Crippen LogP contribution in [0.5, 0.6) is 0 Å². The Bertz CT molecular complexity index is 272. The van der Waals surface area contributed by atoms with Crippen molar-refractivity contribution >= 4 is 11.6 Å². The lowest BCUT2D eigenvalue weighted by Crippen LogP contribution is -2.19. The van der Waals surface area contributed by atoms with Crippen molar-refractivity contribution in [1.82, 2.24) is 10.3 Å². The van der Waals surface area contributed by atoms with Gasteiger partial charge in [0, 0.05) is 30.0 Å². The normalized spacial score (nSPS) is 12.5. The van der Waals surface area contributed by atoms with Gasteiger partial charge in [0.1, 0.15) is 0 Å². The maximum atomic E-state index is 5.64. The van der Waals surface area contributed by atoms with Crippen LogP contribution in [0.25, 0.3) is 0 Å². The first-order valence-electron chi connectivity index (χ1n) is 4.16. The van der Waals surface area contributed by atoms with Gasteiger partial charge in [-0.25, -0.2) is 0 Å². The quantitative estimate of drug-likeness (QED) is 0.801. The van der Waals surface area contributed by atoms with E-state index in [1.807, 2.05) is 12.1 Å². The molecule has 0 bridgehead atoms. The van der Waals surface area contributed by atoms with Gasteiger partial charge in [0.15, 0.2) is 0 Å². The smallest absolute Gasteiger partial charge is 0.0313 e. The maximum Gasteiger partial charge on any atom is 0.0313 e. The van der Waals surface area contributed by atoms with Gasteiger partial charge >= 0.3 is 0 Å². The lowest BCUT2D eigenvalue weighted by Gasteiger charge is -2.12. The molecular weight excluding hydrogens is 184 g/mol. The van der Waals surface area contributed by atoms with Crippen molar-refractivity contribution in [3.8, 4) is 0 Å². The van der Waals surface area contributed by atoms with E-state index < -0.39 is 0 Å². The van der Waals surface area contributed by atoms with E-state index in [4.69, 9.17) is 11.6 Å². The zero-order chi connectivity index (χ0) is 9.68. The SMILES string of the molecule is C=C(Cl)CNC(C)c1ccncc1. The van der Waals surface area contributed by atoms with Crippen molar-refractivity contribution in [1.29, 1.82) is 0 Å². The second kappa shape index (κ2) is 5.00. The fourth-order valence-corrected chi connectivity index (χ4v) is 1.11. The molecule has 0 radical (unpaired) electrons. The minimum absolute atomic E-state index is 0.276. The molecule has 1 aromatic rings. The van der Waals surface area contributed by atoms with Crippen LogP contribution < -0.4 is 5.32 Å². The molecule has 1 unspecified atom stereocenters. The van der Waals surface area contributed by atoms with E-state index in [1.165, 1.54) is 5.56 Å². The van der Waals surface area contributed by atoms with Crippen molar-refractivity contribution < 1.29 is 0 Å². The molecule has 1 atom stereocenters. The topological polar surface area (TPSA) is 24.9 Å². The molecule has 0 amide bonds. The summed E-state index contributed by atoms with van der Waals surface area (Å²) >= 11 is 5.64. The molecule has 0 aliphatic carbocycles. The first-order chi connectivity index (χ1) is 6.20. The van der Waals surface area contributed by atoms with Gasteiger partial charge in [-0.3, -0.25) is 4.98 Å². The second-order valence-electron chi connectivity index (χ2n) is 2.90. The first kappa shape index (κ1) is 10.2. The Hall–Kier alpha value is -0.860. The van der Waals surface area contributed by atoms with Crippen molar-refractivity contribution in [2.45, 2.75) is 13.0 Å². The van der Waals surface area contributed by atoms with Gasteiger partial charge < -0.3 is 5.32 Å². The lowest BCUT2D eigenvalue weighted by molar-refractivity contribution is 0.614. The van der Waals surface area contributed by atoms with Gasteiger partial charge in [-0.2, -0.15) is 0 Å². The molecular formula is C10H13ClN2. The number of rotatable bonds is 4. The first-order valence-corrected chi connectivity index (χ1v) is 4.54. The van der Waals surface area contributed by atoms with E-state index in [9.17, 15) is 0 Å². The summed E-state index contributed by atoms with van der Waals surface area (Å²) in [6.45, 7) is 6.32. The third kappa shape index (κ3) is 3.57. The average molecular weight is 197 g/mol. The summed E-state index contributed by atoms with van der Waals surface area (Å²) in [5.74, 6) is 0. The molecule has 1 N–H and O–H groups in total. The Morgan fingerprint density at radius 1 is 1.62 bits per heavy atom. The molecule has 3 heteroatoms. The van der Waals surface area contributed by atoms with Crippen molar-refractivity contribution in [3.05, 3.63) is 41.7 Å². The van der Waals surface area contributed by atoms with Gasteiger partial charge in [0.05, 0.1) is 0 Å². The average Bonchev–Trinajstić information content (AvgIpc) is 2.15. The highest BCUT2D eigenvalue weighted by Gasteiger charge is 2.02. The molecule has 0 aliphatic rings. The maximum absolute atomic E-state index is 5.64. The summed E-state index contributed by atoms with van der Waals surface area (Å²) in [6, 6.07) is 4.24. The standard InChI is InChI=1S/C10H13ClN2/c1-8(11)7-13-9(2)10-3-5-12-6-4-10/h3-6,9,13H,1,7H2,2H3. The number of nitrogens with one attached hydrogen (secondary N) is 1. The van der Waals surface area contributed by atoms with Gasteiger partial charge in [-0.1, -0.05) is 18.2 Å². The molecule has 1 aromatic heterocycles. The Morgan fingerprint density at radius 2 is 2.23 bits per heavy atom. The van der Waals surface area contributed by atoms with E-state index in [-0.39, 0.29) is 6.04 Å². The molecule has 0 aromatic carbocycles. The predicted octanol–water partition coefficient (Wildman–Crippen LogP) is 2.48. The third-order valence-corrected chi connectivity index (χ3v) is 1.94. The molecule has 0 aliphatic heterocycles. The van der Waals surface area contributed by atoms with E-state index in [0.717, 1.165) is 0 Å². The molecule has 0 spiro atoms. The van der Waals surface area contributed by atoms with Crippen LogP contribution in [0.1, 0.15) is 18.5 Å². The molecule has 1 heterocycles. The highest BCUT2D eigenvalue weighted by molar-refractivity contribution is 6.29. The Kier molecular flexibility index (Phi) is 3.93. The fraction of sp³-hybridized carbons (Fsp3) is 0.300. The van der Waals surface area contributed by atoms with Crippen LogP contribution in [0.4, 0.5) is 0 Å². The van der Waals surface area contributed by atoms with Crippen LogP contribution >= 0.6 is 11.6 Å². The minimum Gasteiger partial charge on any atom is -0.305 e. The van der Waals surface area contributed by atoms with Crippen LogP contribution in [-0.2, 0) is 0 Å². The van der Waals surface area contributed by atoms with Gasteiger partial charge in [0.25, 0.3) is 0 Å². The number of hydrogen-bond acceptors (Lipinski definition) is 2. The van der Waals surface area contributed by atoms with Crippen LogP contribution in [0.3, 0.4) is 0 Å². The van der Waals surface area contributed by atoms with Crippen molar-refractivity contribution in [3.63, 3.8) is 0 Å². The summed E-state index contributed by atoms with van der Waals surface area (Å²) in [5, 5.41) is 3.86. The van der Waals surface area contributed by atoms with E-state index in [0.29, 0.717) is 11.6 Å². The number of halogens is 1. The molecule has 0 fully saturated rings. The van der Waals surface area contributed by atoms with Crippen LogP contribution in [0, 0.1) is 0 Å². The highest BCUT2D eigenvalue weighted by Crippen LogP contribution is 2.10. The number of pyridine rings is 1. The summed E-state index contributed by atoms with van der Waals surface area (Å²) < 4.78 is 0. The lowest BCUT2D eigenvalue weighted by atomic mass is 10.1. The van der Waals surface area contributed by atoms with Crippen LogP contribution in [0.15, 0.2) is 36.1 Å². The van der Waals surface area contributed by atoms with Crippen molar-refractivity contribution in [2.24, 2.45) is 0 Å². The van der Waals surface area contributed by atoms with E-state index >= 15 is 0 Å². The molecule has 0 saturated carbocycles. The zero-order valence-corrected chi connectivity index (χ0v) is 8.38. The molecule has 0 saturated heterocycles. The van der Waals surface area contributed by atoms with E-state index in [1.54, 1.807) is 12.4 Å². The van der Waals surface area contributed by atoms with Crippen LogP contribution in [0.2, 0.25) is 0 Å². The molecule has 2 nitrogen and oxygen atoms in total. The summed E-state index contributed by atoms with van der Waals surface area (Å²) in [4.78, 5) is 3.95. The fourth-order valence-electron chi connectivity index (χ4n) is 1.03. The number of aromatic nitrogens is 1. The summed E-state index contributed by atoms with van der Waals surface area (Å²) in [6.07, 6.45) is 3.56. The largest absolute Gasteiger partial charge is 0.305 e. The van der Waals surface area contributed by atoms with Gasteiger partial charge in [-0.05, 0) is 24.6 Å². The molecule has 1 rings (SSSR count). The van der Waals surface area contributed by atoms with Gasteiger partial charge in [-0.15, -0.1) is 0 Å². The minimum atomic E-state index is 0.276. The number of nitrogens with zero attached hydrogens (tertiary/aromatic N) is 1. The Balaban J connectivity index is 2.49. The zero-order valence-electron chi connectivity index (χ0n) is 7.63. The highest BCUT2D eigenvalue weighted by atomic mass is 35.5. The monoisotopic (exact) mass is 196 g/mol. The Labute approximate surface area is 83.6 Å². The van der Waals surface area contributed by atoms with E-state index in [2.05, 4.69) is 23.8 Å². The van der Waals surface area contributed by atoms with Crippen LogP contribution in [-0.4, -0.2) is 11.5 Å². The van der Waals surface area contributed by atoms with Gasteiger partial charge in [0.2, 0.25) is 0 Å². The van der Waals surface area contributed by atoms with Crippen molar-refractivity contribution in [2.75, 3.05) is 6.54 Å². The third-order valence-electron chi connectivity index (χ3n) is 1.81. The molecule has 13 heavy (non-hydrogen) atoms. The predicted molar refractivity (Wildman–Crippen MR) is 55.6 cm³/mol.